The minimum atomic E-state index is -0.130. The third-order valence-corrected chi connectivity index (χ3v) is 4.54. The van der Waals surface area contributed by atoms with Gasteiger partial charge in [-0.05, 0) is 37.3 Å². The highest BCUT2D eigenvalue weighted by Crippen LogP contribution is 2.41. The topological polar surface area (TPSA) is 66.9 Å². The molecule has 21 heavy (non-hydrogen) atoms. The molecule has 0 bridgehead atoms. The second-order valence-electron chi connectivity index (χ2n) is 5.28. The average Bonchev–Trinajstić information content (AvgIpc) is 3.22. The second-order valence-corrected chi connectivity index (χ2v) is 6.14. The van der Waals surface area contributed by atoms with Crippen LogP contribution in [0.15, 0.2) is 23.7 Å². The van der Waals surface area contributed by atoms with Crippen LogP contribution in [0.3, 0.4) is 0 Å². The quantitative estimate of drug-likeness (QED) is 0.891. The van der Waals surface area contributed by atoms with Crippen molar-refractivity contribution in [1.82, 2.24) is 15.3 Å². The van der Waals surface area contributed by atoms with Gasteiger partial charge in [0.25, 0.3) is 5.91 Å². The molecule has 2 aromatic rings. The molecule has 6 heteroatoms. The van der Waals surface area contributed by atoms with Gasteiger partial charge in [0, 0.05) is 18.6 Å². The fourth-order valence-electron chi connectivity index (χ4n) is 2.37. The summed E-state index contributed by atoms with van der Waals surface area (Å²) in [4.78, 5) is 21.1. The van der Waals surface area contributed by atoms with Crippen molar-refractivity contribution in [3.05, 3.63) is 40.7 Å². The van der Waals surface area contributed by atoms with Crippen molar-refractivity contribution >= 4 is 22.4 Å². The maximum atomic E-state index is 12.4. The van der Waals surface area contributed by atoms with E-state index in [1.165, 1.54) is 11.3 Å². The lowest BCUT2D eigenvalue weighted by molar-refractivity contribution is 0.0926. The molecule has 1 unspecified atom stereocenters. The molecule has 2 N–H and O–H groups in total. The molecule has 0 saturated heterocycles. The van der Waals surface area contributed by atoms with Crippen LogP contribution in [0.2, 0.25) is 0 Å². The van der Waals surface area contributed by atoms with Crippen LogP contribution in [0.25, 0.3) is 0 Å². The van der Waals surface area contributed by atoms with Crippen molar-refractivity contribution in [1.29, 1.82) is 0 Å². The van der Waals surface area contributed by atoms with Gasteiger partial charge >= 0.3 is 0 Å². The molecule has 1 aliphatic rings. The Labute approximate surface area is 127 Å². The first-order valence-corrected chi connectivity index (χ1v) is 7.92. The normalized spacial score (nSPS) is 15.5. The standard InChI is InChI=1S/C15H18N4OS/c1-9-4-3-7-17-12(9)13(10-5-6-10)19-14(20)11-8-21-15(16-2)18-11/h3-4,7-8,10,13H,5-6H2,1-2H3,(H,16,18)(H,19,20). The van der Waals surface area contributed by atoms with Gasteiger partial charge in [-0.15, -0.1) is 11.3 Å². The Bertz CT molecular complexity index is 651. The van der Waals surface area contributed by atoms with Crippen molar-refractivity contribution in [2.45, 2.75) is 25.8 Å². The highest BCUT2D eigenvalue weighted by Gasteiger charge is 2.35. The zero-order valence-corrected chi connectivity index (χ0v) is 12.9. The van der Waals surface area contributed by atoms with E-state index in [4.69, 9.17) is 0 Å². The number of anilines is 1. The van der Waals surface area contributed by atoms with Crippen LogP contribution in [0.1, 0.15) is 40.6 Å². The van der Waals surface area contributed by atoms with Crippen molar-refractivity contribution in [2.24, 2.45) is 5.92 Å². The predicted molar refractivity (Wildman–Crippen MR) is 83.6 cm³/mol. The molecule has 1 aliphatic carbocycles. The van der Waals surface area contributed by atoms with Crippen molar-refractivity contribution in [3.63, 3.8) is 0 Å². The lowest BCUT2D eigenvalue weighted by Crippen LogP contribution is -2.31. The minimum Gasteiger partial charge on any atom is -0.365 e. The van der Waals surface area contributed by atoms with Gasteiger partial charge in [-0.2, -0.15) is 0 Å². The fraction of sp³-hybridized carbons (Fsp3) is 0.400. The van der Waals surface area contributed by atoms with Crippen LogP contribution in [-0.4, -0.2) is 22.9 Å². The van der Waals surface area contributed by atoms with E-state index in [-0.39, 0.29) is 11.9 Å². The molecule has 0 aliphatic heterocycles. The Kier molecular flexibility index (Phi) is 3.88. The maximum Gasteiger partial charge on any atom is 0.271 e. The van der Waals surface area contributed by atoms with Crippen LogP contribution >= 0.6 is 11.3 Å². The van der Waals surface area contributed by atoms with Crippen LogP contribution in [-0.2, 0) is 0 Å². The lowest BCUT2D eigenvalue weighted by Gasteiger charge is -2.19. The lowest BCUT2D eigenvalue weighted by atomic mass is 10.0. The van der Waals surface area contributed by atoms with E-state index in [1.54, 1.807) is 18.6 Å². The van der Waals surface area contributed by atoms with Gasteiger partial charge < -0.3 is 10.6 Å². The summed E-state index contributed by atoms with van der Waals surface area (Å²) in [5.74, 6) is 0.361. The van der Waals surface area contributed by atoms with Gasteiger partial charge in [0.15, 0.2) is 5.13 Å². The minimum absolute atomic E-state index is 0.0153. The molecule has 3 rings (SSSR count). The van der Waals surface area contributed by atoms with Gasteiger partial charge in [-0.25, -0.2) is 4.98 Å². The SMILES string of the molecule is CNc1nc(C(=O)NC(c2ncccc2C)C2CC2)cs1. The molecule has 2 heterocycles. The average molecular weight is 302 g/mol. The third kappa shape index (κ3) is 3.05. The zero-order chi connectivity index (χ0) is 14.8. The molecule has 110 valence electrons. The molecule has 1 atom stereocenters. The summed E-state index contributed by atoms with van der Waals surface area (Å²) in [7, 11) is 1.80. The molecule has 1 fully saturated rings. The summed E-state index contributed by atoms with van der Waals surface area (Å²) in [6.45, 7) is 2.03. The number of aromatic nitrogens is 2. The van der Waals surface area contributed by atoms with E-state index in [2.05, 4.69) is 20.6 Å². The van der Waals surface area contributed by atoms with E-state index >= 15 is 0 Å². The number of nitrogens with one attached hydrogen (secondary N) is 2. The number of hydrogen-bond acceptors (Lipinski definition) is 5. The van der Waals surface area contributed by atoms with E-state index < -0.39 is 0 Å². The van der Waals surface area contributed by atoms with E-state index in [1.807, 2.05) is 19.1 Å². The Morgan fingerprint density at radius 3 is 2.90 bits per heavy atom. The molecular formula is C15H18N4OS. The van der Waals surface area contributed by atoms with E-state index in [9.17, 15) is 4.79 Å². The molecule has 1 saturated carbocycles. The summed E-state index contributed by atoms with van der Waals surface area (Å²) >= 11 is 1.43. The largest absolute Gasteiger partial charge is 0.365 e. The molecule has 5 nitrogen and oxygen atoms in total. The number of carbonyl (C=O) groups is 1. The Morgan fingerprint density at radius 2 is 2.29 bits per heavy atom. The number of aryl methyl sites for hydroxylation is 1. The number of nitrogens with zero attached hydrogens (tertiary/aromatic N) is 2. The number of rotatable bonds is 5. The molecule has 0 aromatic carbocycles. The van der Waals surface area contributed by atoms with Crippen LogP contribution in [0, 0.1) is 12.8 Å². The first kappa shape index (κ1) is 14.0. The van der Waals surface area contributed by atoms with Gasteiger partial charge in [0.2, 0.25) is 0 Å². The summed E-state index contributed by atoms with van der Waals surface area (Å²) < 4.78 is 0. The van der Waals surface area contributed by atoms with Crippen molar-refractivity contribution in [3.8, 4) is 0 Å². The Balaban J connectivity index is 1.79. The fourth-order valence-corrected chi connectivity index (χ4v) is 3.02. The third-order valence-electron chi connectivity index (χ3n) is 3.68. The molecular weight excluding hydrogens is 284 g/mol. The summed E-state index contributed by atoms with van der Waals surface area (Å²) in [6, 6.07) is 3.94. The monoisotopic (exact) mass is 302 g/mol. The number of pyridine rings is 1. The highest BCUT2D eigenvalue weighted by molar-refractivity contribution is 7.13. The molecule has 0 radical (unpaired) electrons. The van der Waals surface area contributed by atoms with Gasteiger partial charge in [-0.3, -0.25) is 9.78 Å². The Hall–Kier alpha value is -1.95. The Morgan fingerprint density at radius 1 is 1.48 bits per heavy atom. The van der Waals surface area contributed by atoms with E-state index in [0.29, 0.717) is 11.6 Å². The van der Waals surface area contributed by atoms with Crippen LogP contribution in [0.4, 0.5) is 5.13 Å². The second kappa shape index (κ2) is 5.81. The van der Waals surface area contributed by atoms with Crippen molar-refractivity contribution < 1.29 is 4.79 Å². The number of hydrogen-bond donors (Lipinski definition) is 2. The summed E-state index contributed by atoms with van der Waals surface area (Å²) in [6.07, 6.45) is 4.06. The zero-order valence-electron chi connectivity index (χ0n) is 12.1. The van der Waals surface area contributed by atoms with E-state index in [0.717, 1.165) is 29.2 Å². The smallest absolute Gasteiger partial charge is 0.271 e. The highest BCUT2D eigenvalue weighted by atomic mass is 32.1. The van der Waals surface area contributed by atoms with Gasteiger partial charge in [0.1, 0.15) is 5.69 Å². The molecule has 2 aromatic heterocycles. The van der Waals surface area contributed by atoms with Gasteiger partial charge in [0.05, 0.1) is 11.7 Å². The van der Waals surface area contributed by atoms with Crippen LogP contribution in [0.5, 0.6) is 0 Å². The summed E-state index contributed by atoms with van der Waals surface area (Å²) in [5, 5.41) is 8.57. The van der Waals surface area contributed by atoms with Crippen molar-refractivity contribution in [2.75, 3.05) is 12.4 Å². The molecule has 0 spiro atoms. The first-order chi connectivity index (χ1) is 10.2. The molecule has 1 amide bonds. The number of carbonyl (C=O) groups excluding carboxylic acids is 1. The summed E-state index contributed by atoms with van der Waals surface area (Å²) in [5.41, 5.74) is 2.55. The van der Waals surface area contributed by atoms with Crippen LogP contribution < -0.4 is 10.6 Å². The maximum absolute atomic E-state index is 12.4. The number of thiazole rings is 1. The predicted octanol–water partition coefficient (Wildman–Crippen LogP) is 2.77. The van der Waals surface area contributed by atoms with Gasteiger partial charge in [-0.1, -0.05) is 6.07 Å². The first-order valence-electron chi connectivity index (χ1n) is 7.04. The number of amides is 1.